The van der Waals surface area contributed by atoms with Crippen LogP contribution in [0, 0.1) is 0 Å². The maximum atomic E-state index is 12.1. The molecule has 2 rings (SSSR count). The second-order valence-electron chi connectivity index (χ2n) is 5.31. The van der Waals surface area contributed by atoms with Gasteiger partial charge in [-0.2, -0.15) is 0 Å². The Morgan fingerprint density at radius 3 is 2.48 bits per heavy atom. The van der Waals surface area contributed by atoms with E-state index in [1.54, 1.807) is 42.7 Å². The smallest absolute Gasteiger partial charge is 0.319 e. The van der Waals surface area contributed by atoms with Crippen molar-refractivity contribution in [2.45, 2.75) is 19.9 Å². The van der Waals surface area contributed by atoms with Crippen LogP contribution in [0.25, 0.3) is 6.08 Å². The SMILES string of the molecule is CC(C)NC(=O)Nc1ccc(C(=O)/C=C/c2cccnc2)cc1. The number of hydrogen-bond donors (Lipinski definition) is 2. The van der Waals surface area contributed by atoms with E-state index in [0.29, 0.717) is 11.3 Å². The fraction of sp³-hybridized carbons (Fsp3) is 0.167. The molecule has 1 aromatic carbocycles. The summed E-state index contributed by atoms with van der Waals surface area (Å²) >= 11 is 0. The van der Waals surface area contributed by atoms with E-state index in [2.05, 4.69) is 15.6 Å². The molecule has 5 nitrogen and oxygen atoms in total. The van der Waals surface area contributed by atoms with E-state index >= 15 is 0 Å². The minimum absolute atomic E-state index is 0.0634. The first-order valence-corrected chi connectivity index (χ1v) is 7.34. The van der Waals surface area contributed by atoms with Crippen LogP contribution in [0.3, 0.4) is 0 Å². The molecule has 0 aliphatic rings. The molecular weight excluding hydrogens is 290 g/mol. The lowest BCUT2D eigenvalue weighted by molar-refractivity contribution is 0.104. The van der Waals surface area contributed by atoms with Crippen molar-refractivity contribution in [3.05, 3.63) is 66.0 Å². The molecule has 0 bridgehead atoms. The number of aromatic nitrogens is 1. The molecule has 23 heavy (non-hydrogen) atoms. The number of urea groups is 1. The number of pyridine rings is 1. The molecule has 1 heterocycles. The number of rotatable bonds is 5. The Hall–Kier alpha value is -2.95. The van der Waals surface area contributed by atoms with Crippen molar-refractivity contribution >= 4 is 23.6 Å². The van der Waals surface area contributed by atoms with Crippen LogP contribution in [0.5, 0.6) is 0 Å². The van der Waals surface area contributed by atoms with E-state index in [0.717, 1.165) is 5.56 Å². The topological polar surface area (TPSA) is 71.1 Å². The van der Waals surface area contributed by atoms with Gasteiger partial charge in [-0.25, -0.2) is 4.79 Å². The number of carbonyl (C=O) groups is 2. The van der Waals surface area contributed by atoms with E-state index < -0.39 is 0 Å². The Kier molecular flexibility index (Phi) is 5.63. The van der Waals surface area contributed by atoms with Gasteiger partial charge < -0.3 is 10.6 Å². The summed E-state index contributed by atoms with van der Waals surface area (Å²) in [5.74, 6) is -0.105. The fourth-order valence-corrected chi connectivity index (χ4v) is 1.89. The van der Waals surface area contributed by atoms with Gasteiger partial charge in [-0.05, 0) is 61.9 Å². The Labute approximate surface area is 135 Å². The maximum Gasteiger partial charge on any atom is 0.319 e. The van der Waals surface area contributed by atoms with Gasteiger partial charge >= 0.3 is 6.03 Å². The molecule has 2 aromatic rings. The van der Waals surface area contributed by atoms with Crippen molar-refractivity contribution < 1.29 is 9.59 Å². The van der Waals surface area contributed by atoms with Crippen molar-refractivity contribution in [1.82, 2.24) is 10.3 Å². The summed E-state index contributed by atoms with van der Waals surface area (Å²) < 4.78 is 0. The van der Waals surface area contributed by atoms with Gasteiger partial charge in [0.1, 0.15) is 0 Å². The third kappa shape index (κ3) is 5.39. The summed E-state index contributed by atoms with van der Waals surface area (Å²) in [6.45, 7) is 3.77. The first-order chi connectivity index (χ1) is 11.0. The van der Waals surface area contributed by atoms with Crippen LogP contribution in [0.4, 0.5) is 10.5 Å². The minimum Gasteiger partial charge on any atom is -0.336 e. The van der Waals surface area contributed by atoms with Crippen molar-refractivity contribution in [2.24, 2.45) is 0 Å². The summed E-state index contributed by atoms with van der Waals surface area (Å²) in [7, 11) is 0. The molecule has 0 aliphatic heterocycles. The third-order valence-corrected chi connectivity index (χ3v) is 2.96. The standard InChI is InChI=1S/C18H19N3O2/c1-13(2)20-18(23)21-16-8-6-15(7-9-16)17(22)10-5-14-4-3-11-19-12-14/h3-13H,1-2H3,(H2,20,21,23)/b10-5+. The van der Waals surface area contributed by atoms with Crippen LogP contribution in [0.1, 0.15) is 29.8 Å². The van der Waals surface area contributed by atoms with Gasteiger partial charge in [-0.3, -0.25) is 9.78 Å². The Morgan fingerprint density at radius 1 is 1.13 bits per heavy atom. The van der Waals surface area contributed by atoms with Crippen LogP contribution >= 0.6 is 0 Å². The highest BCUT2D eigenvalue weighted by Gasteiger charge is 2.05. The zero-order chi connectivity index (χ0) is 16.7. The van der Waals surface area contributed by atoms with Gasteiger partial charge in [-0.1, -0.05) is 6.07 Å². The molecule has 2 amide bonds. The minimum atomic E-state index is -0.268. The number of hydrogen-bond acceptors (Lipinski definition) is 3. The highest BCUT2D eigenvalue weighted by atomic mass is 16.2. The largest absolute Gasteiger partial charge is 0.336 e. The van der Waals surface area contributed by atoms with Gasteiger partial charge in [0.25, 0.3) is 0 Å². The average molecular weight is 309 g/mol. The lowest BCUT2D eigenvalue weighted by atomic mass is 10.1. The summed E-state index contributed by atoms with van der Waals surface area (Å²) in [5.41, 5.74) is 2.06. The number of anilines is 1. The lowest BCUT2D eigenvalue weighted by Gasteiger charge is -2.10. The number of amides is 2. The van der Waals surface area contributed by atoms with Crippen LogP contribution in [-0.2, 0) is 0 Å². The molecule has 0 spiro atoms. The molecule has 1 aromatic heterocycles. The second kappa shape index (κ2) is 7.89. The first kappa shape index (κ1) is 16.4. The van der Waals surface area contributed by atoms with Crippen molar-refractivity contribution in [3.63, 3.8) is 0 Å². The molecule has 0 unspecified atom stereocenters. The quantitative estimate of drug-likeness (QED) is 0.656. The lowest BCUT2D eigenvalue weighted by Crippen LogP contribution is -2.34. The molecule has 118 valence electrons. The van der Waals surface area contributed by atoms with E-state index in [1.807, 2.05) is 26.0 Å². The summed E-state index contributed by atoms with van der Waals surface area (Å²) in [6.07, 6.45) is 6.59. The first-order valence-electron chi connectivity index (χ1n) is 7.34. The molecular formula is C18H19N3O2. The monoisotopic (exact) mass is 309 g/mol. The third-order valence-electron chi connectivity index (χ3n) is 2.96. The molecule has 0 saturated carbocycles. The van der Waals surface area contributed by atoms with E-state index in [1.165, 1.54) is 6.08 Å². The number of ketones is 1. The van der Waals surface area contributed by atoms with Crippen molar-refractivity contribution in [3.8, 4) is 0 Å². The number of allylic oxidation sites excluding steroid dienone is 1. The van der Waals surface area contributed by atoms with Gasteiger partial charge in [0.05, 0.1) is 0 Å². The zero-order valence-corrected chi connectivity index (χ0v) is 13.1. The Bertz CT molecular complexity index is 692. The average Bonchev–Trinajstić information content (AvgIpc) is 2.53. The zero-order valence-electron chi connectivity index (χ0n) is 13.1. The van der Waals surface area contributed by atoms with Crippen molar-refractivity contribution in [1.29, 1.82) is 0 Å². The highest BCUT2D eigenvalue weighted by molar-refractivity contribution is 6.07. The van der Waals surface area contributed by atoms with E-state index in [-0.39, 0.29) is 17.9 Å². The van der Waals surface area contributed by atoms with Crippen LogP contribution < -0.4 is 10.6 Å². The number of carbonyl (C=O) groups excluding carboxylic acids is 2. The summed E-state index contributed by atoms with van der Waals surface area (Å²) in [4.78, 5) is 27.7. The Balaban J connectivity index is 1.97. The van der Waals surface area contributed by atoms with Gasteiger partial charge in [0, 0.05) is 29.7 Å². The van der Waals surface area contributed by atoms with Crippen LogP contribution in [0.2, 0.25) is 0 Å². The maximum absolute atomic E-state index is 12.1. The molecule has 0 atom stereocenters. The van der Waals surface area contributed by atoms with Gasteiger partial charge in [0.2, 0.25) is 0 Å². The molecule has 0 radical (unpaired) electrons. The van der Waals surface area contributed by atoms with Crippen LogP contribution in [0.15, 0.2) is 54.9 Å². The molecule has 0 aliphatic carbocycles. The molecule has 0 saturated heterocycles. The fourth-order valence-electron chi connectivity index (χ4n) is 1.89. The van der Waals surface area contributed by atoms with E-state index in [9.17, 15) is 9.59 Å². The number of benzene rings is 1. The number of nitrogens with one attached hydrogen (secondary N) is 2. The normalized spacial score (nSPS) is 10.7. The summed E-state index contributed by atoms with van der Waals surface area (Å²) in [5, 5.41) is 5.44. The van der Waals surface area contributed by atoms with Gasteiger partial charge in [-0.15, -0.1) is 0 Å². The molecule has 2 N–H and O–H groups in total. The summed E-state index contributed by atoms with van der Waals surface area (Å²) in [6, 6.07) is 10.2. The molecule has 5 heteroatoms. The van der Waals surface area contributed by atoms with Gasteiger partial charge in [0.15, 0.2) is 5.78 Å². The highest BCUT2D eigenvalue weighted by Crippen LogP contribution is 2.11. The van der Waals surface area contributed by atoms with E-state index in [4.69, 9.17) is 0 Å². The predicted octanol–water partition coefficient (Wildman–Crippen LogP) is 3.51. The number of nitrogens with zero attached hydrogens (tertiary/aromatic N) is 1. The second-order valence-corrected chi connectivity index (χ2v) is 5.31. The Morgan fingerprint density at radius 2 is 1.87 bits per heavy atom. The predicted molar refractivity (Wildman–Crippen MR) is 91.3 cm³/mol. The van der Waals surface area contributed by atoms with Crippen molar-refractivity contribution in [2.75, 3.05) is 5.32 Å². The molecule has 0 fully saturated rings. The van der Waals surface area contributed by atoms with Crippen LogP contribution in [-0.4, -0.2) is 22.8 Å².